The van der Waals surface area contributed by atoms with Gasteiger partial charge >= 0.3 is 0 Å². The van der Waals surface area contributed by atoms with E-state index >= 15 is 0 Å². The zero-order valence-corrected chi connectivity index (χ0v) is 20.8. The van der Waals surface area contributed by atoms with Gasteiger partial charge in [0.05, 0.1) is 18.7 Å². The van der Waals surface area contributed by atoms with E-state index in [2.05, 4.69) is 97.1 Å². The highest BCUT2D eigenvalue weighted by Gasteiger charge is 2.17. The number of morpholine rings is 1. The molecule has 0 aliphatic carbocycles. The summed E-state index contributed by atoms with van der Waals surface area (Å²) in [6.07, 6.45) is 2.84. The first kappa shape index (κ1) is 23.7. The number of nitrogens with one attached hydrogen (secondary N) is 3. The third-order valence-corrected chi connectivity index (χ3v) is 6.16. The third kappa shape index (κ3) is 5.80. The summed E-state index contributed by atoms with van der Waals surface area (Å²) in [6, 6.07) is 16.6. The number of nitrogens with zero attached hydrogens (tertiary/aromatic N) is 5. The second kappa shape index (κ2) is 11.2. The Morgan fingerprint density at radius 2 is 1.67 bits per heavy atom. The fourth-order valence-electron chi connectivity index (χ4n) is 4.14. The average molecular weight is 485 g/mol. The molecule has 0 bridgehead atoms. The lowest BCUT2D eigenvalue weighted by atomic mass is 10.1. The number of fused-ring (bicyclic) bond motifs is 1. The molecule has 0 unspecified atom stereocenters. The van der Waals surface area contributed by atoms with Crippen molar-refractivity contribution in [3.8, 4) is 0 Å². The molecule has 0 atom stereocenters. The van der Waals surface area contributed by atoms with Gasteiger partial charge in [0.25, 0.3) is 0 Å². The van der Waals surface area contributed by atoms with Crippen molar-refractivity contribution >= 4 is 40.1 Å². The molecule has 4 aromatic rings. The molecule has 36 heavy (non-hydrogen) atoms. The van der Waals surface area contributed by atoms with Gasteiger partial charge in [0.15, 0.2) is 0 Å². The van der Waals surface area contributed by atoms with E-state index in [0.717, 1.165) is 41.8 Å². The molecule has 0 spiro atoms. The highest BCUT2D eigenvalue weighted by molar-refractivity contribution is 5.91. The molecule has 186 valence electrons. The SMILES string of the molecule is CCc1ccc(Nc2nc(NCCNc3ccnc4cc(C)ccc34)nc(N3CCOCC3)n2)cc1. The molecule has 0 amide bonds. The second-order valence-corrected chi connectivity index (χ2v) is 8.79. The second-order valence-electron chi connectivity index (χ2n) is 8.79. The van der Waals surface area contributed by atoms with Crippen LogP contribution in [-0.2, 0) is 11.2 Å². The number of hydrogen-bond donors (Lipinski definition) is 3. The molecule has 9 nitrogen and oxygen atoms in total. The van der Waals surface area contributed by atoms with Gasteiger partial charge in [-0.2, -0.15) is 15.0 Å². The van der Waals surface area contributed by atoms with E-state index in [0.29, 0.717) is 44.1 Å². The van der Waals surface area contributed by atoms with Crippen molar-refractivity contribution in [2.75, 3.05) is 60.2 Å². The van der Waals surface area contributed by atoms with Crippen molar-refractivity contribution in [3.05, 3.63) is 65.9 Å². The van der Waals surface area contributed by atoms with E-state index in [1.165, 1.54) is 11.1 Å². The first-order valence-corrected chi connectivity index (χ1v) is 12.5. The minimum Gasteiger partial charge on any atom is -0.383 e. The first-order chi connectivity index (χ1) is 17.7. The average Bonchev–Trinajstić information content (AvgIpc) is 2.92. The number of pyridine rings is 1. The number of benzene rings is 2. The van der Waals surface area contributed by atoms with Crippen molar-refractivity contribution in [1.29, 1.82) is 0 Å². The van der Waals surface area contributed by atoms with Gasteiger partial charge in [0.1, 0.15) is 0 Å². The molecule has 2 aromatic heterocycles. The van der Waals surface area contributed by atoms with Crippen LogP contribution in [0.2, 0.25) is 0 Å². The van der Waals surface area contributed by atoms with E-state index in [4.69, 9.17) is 4.74 Å². The maximum Gasteiger partial charge on any atom is 0.233 e. The Labute approximate surface area is 211 Å². The van der Waals surface area contributed by atoms with Gasteiger partial charge in [-0.15, -0.1) is 0 Å². The van der Waals surface area contributed by atoms with Crippen LogP contribution in [0.4, 0.5) is 29.2 Å². The Bertz CT molecular complexity index is 1310. The molecule has 1 aliphatic rings. The van der Waals surface area contributed by atoms with Crippen LogP contribution in [-0.4, -0.2) is 59.3 Å². The van der Waals surface area contributed by atoms with Crippen LogP contribution < -0.4 is 20.9 Å². The fraction of sp³-hybridized carbons (Fsp3) is 0.333. The van der Waals surface area contributed by atoms with Crippen LogP contribution >= 0.6 is 0 Å². The van der Waals surface area contributed by atoms with Gasteiger partial charge < -0.3 is 25.6 Å². The number of rotatable bonds is 9. The minimum absolute atomic E-state index is 0.515. The number of aromatic nitrogens is 4. The smallest absolute Gasteiger partial charge is 0.233 e. The molecule has 2 aromatic carbocycles. The Morgan fingerprint density at radius 3 is 2.47 bits per heavy atom. The number of ether oxygens (including phenoxy) is 1. The van der Waals surface area contributed by atoms with E-state index < -0.39 is 0 Å². The Kier molecular flexibility index (Phi) is 7.37. The van der Waals surface area contributed by atoms with E-state index in [1.54, 1.807) is 0 Å². The summed E-state index contributed by atoms with van der Waals surface area (Å²) in [5.41, 5.74) is 5.48. The predicted octanol–water partition coefficient (Wildman–Crippen LogP) is 4.39. The van der Waals surface area contributed by atoms with Crippen molar-refractivity contribution in [2.24, 2.45) is 0 Å². The lowest BCUT2D eigenvalue weighted by molar-refractivity contribution is 0.122. The van der Waals surface area contributed by atoms with Gasteiger partial charge in [0, 0.05) is 49.1 Å². The predicted molar refractivity (Wildman–Crippen MR) is 145 cm³/mol. The summed E-state index contributed by atoms with van der Waals surface area (Å²) < 4.78 is 5.50. The van der Waals surface area contributed by atoms with Crippen LogP contribution in [0, 0.1) is 6.92 Å². The van der Waals surface area contributed by atoms with Crippen LogP contribution in [0.25, 0.3) is 10.9 Å². The zero-order valence-electron chi connectivity index (χ0n) is 20.8. The molecule has 1 aliphatic heterocycles. The molecule has 9 heteroatoms. The Hall–Kier alpha value is -3.98. The summed E-state index contributed by atoms with van der Waals surface area (Å²) in [4.78, 5) is 20.6. The quantitative estimate of drug-likeness (QED) is 0.299. The number of aryl methyl sites for hydroxylation is 2. The molecular weight excluding hydrogens is 452 g/mol. The molecule has 1 saturated heterocycles. The highest BCUT2D eigenvalue weighted by atomic mass is 16.5. The van der Waals surface area contributed by atoms with Gasteiger partial charge in [-0.05, 0) is 48.7 Å². The third-order valence-electron chi connectivity index (χ3n) is 6.16. The monoisotopic (exact) mass is 484 g/mol. The Balaban J connectivity index is 1.28. The van der Waals surface area contributed by atoms with E-state index in [-0.39, 0.29) is 0 Å². The summed E-state index contributed by atoms with van der Waals surface area (Å²) in [6.45, 7) is 8.41. The van der Waals surface area contributed by atoms with Crippen molar-refractivity contribution < 1.29 is 4.74 Å². The van der Waals surface area contributed by atoms with Gasteiger partial charge in [0.2, 0.25) is 17.8 Å². The molecular formula is C27H32N8O. The van der Waals surface area contributed by atoms with E-state index in [1.807, 2.05) is 12.3 Å². The lowest BCUT2D eigenvalue weighted by Gasteiger charge is -2.27. The van der Waals surface area contributed by atoms with Crippen molar-refractivity contribution in [1.82, 2.24) is 19.9 Å². The first-order valence-electron chi connectivity index (χ1n) is 12.5. The molecule has 1 fully saturated rings. The van der Waals surface area contributed by atoms with Gasteiger partial charge in [-0.25, -0.2) is 0 Å². The fourth-order valence-corrected chi connectivity index (χ4v) is 4.14. The molecule has 5 rings (SSSR count). The maximum atomic E-state index is 5.50. The van der Waals surface area contributed by atoms with Crippen LogP contribution in [0.5, 0.6) is 0 Å². The summed E-state index contributed by atoms with van der Waals surface area (Å²) in [5, 5.41) is 11.3. The van der Waals surface area contributed by atoms with Crippen LogP contribution in [0.1, 0.15) is 18.1 Å². The van der Waals surface area contributed by atoms with Crippen LogP contribution in [0.3, 0.4) is 0 Å². The topological polar surface area (TPSA) is 100 Å². The van der Waals surface area contributed by atoms with Gasteiger partial charge in [-0.3, -0.25) is 4.98 Å². The van der Waals surface area contributed by atoms with Crippen molar-refractivity contribution in [2.45, 2.75) is 20.3 Å². The van der Waals surface area contributed by atoms with E-state index in [9.17, 15) is 0 Å². The normalized spacial score (nSPS) is 13.6. The largest absolute Gasteiger partial charge is 0.383 e. The molecule has 0 saturated carbocycles. The molecule has 3 heterocycles. The highest BCUT2D eigenvalue weighted by Crippen LogP contribution is 2.22. The minimum atomic E-state index is 0.515. The number of anilines is 5. The maximum absolute atomic E-state index is 5.50. The summed E-state index contributed by atoms with van der Waals surface area (Å²) >= 11 is 0. The van der Waals surface area contributed by atoms with Crippen LogP contribution in [0.15, 0.2) is 54.7 Å². The zero-order chi connectivity index (χ0) is 24.7. The molecule has 0 radical (unpaired) electrons. The lowest BCUT2D eigenvalue weighted by Crippen LogP contribution is -2.37. The van der Waals surface area contributed by atoms with Gasteiger partial charge in [-0.1, -0.05) is 31.2 Å². The summed E-state index contributed by atoms with van der Waals surface area (Å²) in [5.74, 6) is 1.70. The van der Waals surface area contributed by atoms with Crippen molar-refractivity contribution in [3.63, 3.8) is 0 Å². The standard InChI is InChI=1S/C27H32N8O/c1-3-20-5-7-21(8-6-20)31-26-32-25(33-27(34-26)35-14-16-36-17-15-35)30-13-12-29-23-10-11-28-24-18-19(2)4-9-22(23)24/h4-11,18H,3,12-17H2,1-2H3,(H,28,29)(H2,30,31,32,33,34). The molecule has 3 N–H and O–H groups in total. The number of hydrogen-bond acceptors (Lipinski definition) is 9. The summed E-state index contributed by atoms with van der Waals surface area (Å²) in [7, 11) is 0. The Morgan fingerprint density at radius 1 is 0.889 bits per heavy atom.